The number of ketones is 1. The van der Waals surface area contributed by atoms with Gasteiger partial charge in [-0.25, -0.2) is 9.69 Å². The topological polar surface area (TPSA) is 80.8 Å². The fourth-order valence-corrected chi connectivity index (χ4v) is 3.78. The Kier molecular flexibility index (Phi) is 5.68. The van der Waals surface area contributed by atoms with Gasteiger partial charge in [0.05, 0.1) is 22.4 Å². The summed E-state index contributed by atoms with van der Waals surface area (Å²) in [7, 11) is 0. The standard InChI is InChI=1S/C27H23NO5/c1-15-6-9-19(10-7-15)24(29)18(4)33-27(32)20-11-12-21-22(14-20)26(31)28(25(21)30)23-13-16(2)5-8-17(23)3/h5-14,18H,1-4H3/t18-/m1/s1. The lowest BCUT2D eigenvalue weighted by atomic mass is 10.0. The van der Waals surface area contributed by atoms with Crippen molar-refractivity contribution in [1.29, 1.82) is 0 Å². The Balaban J connectivity index is 1.56. The van der Waals surface area contributed by atoms with E-state index >= 15 is 0 Å². The summed E-state index contributed by atoms with van der Waals surface area (Å²) in [6.45, 7) is 7.13. The van der Waals surface area contributed by atoms with Crippen molar-refractivity contribution in [2.24, 2.45) is 0 Å². The van der Waals surface area contributed by atoms with E-state index in [0.717, 1.165) is 21.6 Å². The van der Waals surface area contributed by atoms with E-state index in [-0.39, 0.29) is 22.5 Å². The second kappa shape index (κ2) is 8.47. The smallest absolute Gasteiger partial charge is 0.338 e. The van der Waals surface area contributed by atoms with E-state index < -0.39 is 23.9 Å². The number of aryl methyl sites for hydroxylation is 3. The lowest BCUT2D eigenvalue weighted by Crippen LogP contribution is -2.30. The molecular weight excluding hydrogens is 418 g/mol. The fraction of sp³-hybridized carbons (Fsp3) is 0.185. The van der Waals surface area contributed by atoms with Gasteiger partial charge in [0.15, 0.2) is 6.10 Å². The van der Waals surface area contributed by atoms with Gasteiger partial charge in [-0.15, -0.1) is 0 Å². The van der Waals surface area contributed by atoms with Crippen LogP contribution >= 0.6 is 0 Å². The van der Waals surface area contributed by atoms with Crippen LogP contribution in [0, 0.1) is 20.8 Å². The quantitative estimate of drug-likeness (QED) is 0.322. The molecule has 0 spiro atoms. The average Bonchev–Trinajstić information content (AvgIpc) is 3.04. The number of carbonyl (C=O) groups is 4. The highest BCUT2D eigenvalue weighted by Gasteiger charge is 2.38. The maximum Gasteiger partial charge on any atom is 0.338 e. The first-order valence-electron chi connectivity index (χ1n) is 10.6. The molecule has 4 rings (SSSR count). The zero-order valence-electron chi connectivity index (χ0n) is 18.8. The number of amides is 2. The third-order valence-electron chi connectivity index (χ3n) is 5.72. The number of esters is 1. The summed E-state index contributed by atoms with van der Waals surface area (Å²) in [6, 6.07) is 16.8. The first-order chi connectivity index (χ1) is 15.7. The van der Waals surface area contributed by atoms with E-state index in [1.54, 1.807) is 18.2 Å². The molecule has 6 heteroatoms. The summed E-state index contributed by atoms with van der Waals surface area (Å²) < 4.78 is 5.35. The van der Waals surface area contributed by atoms with Crippen molar-refractivity contribution in [1.82, 2.24) is 0 Å². The monoisotopic (exact) mass is 441 g/mol. The van der Waals surface area contributed by atoms with Crippen LogP contribution in [0.5, 0.6) is 0 Å². The molecule has 1 heterocycles. The molecule has 3 aromatic rings. The zero-order chi connectivity index (χ0) is 23.9. The largest absolute Gasteiger partial charge is 0.451 e. The van der Waals surface area contributed by atoms with Gasteiger partial charge in [0.1, 0.15) is 0 Å². The van der Waals surface area contributed by atoms with E-state index in [4.69, 9.17) is 4.74 Å². The maximum atomic E-state index is 13.1. The lowest BCUT2D eigenvalue weighted by Gasteiger charge is -2.17. The second-order valence-electron chi connectivity index (χ2n) is 8.27. The van der Waals surface area contributed by atoms with Crippen molar-refractivity contribution in [3.05, 3.63) is 99.6 Å². The van der Waals surface area contributed by atoms with Crippen LogP contribution in [0.4, 0.5) is 5.69 Å². The van der Waals surface area contributed by atoms with E-state index in [9.17, 15) is 19.2 Å². The maximum absolute atomic E-state index is 13.1. The molecule has 33 heavy (non-hydrogen) atoms. The molecule has 1 aliphatic rings. The van der Waals surface area contributed by atoms with Gasteiger partial charge in [0.25, 0.3) is 11.8 Å². The number of rotatable bonds is 5. The van der Waals surface area contributed by atoms with Crippen LogP contribution in [-0.2, 0) is 4.74 Å². The van der Waals surface area contributed by atoms with Gasteiger partial charge in [0, 0.05) is 5.56 Å². The number of hydrogen-bond acceptors (Lipinski definition) is 5. The Morgan fingerprint density at radius 2 is 1.36 bits per heavy atom. The molecule has 0 N–H and O–H groups in total. The first-order valence-corrected chi connectivity index (χ1v) is 10.6. The number of anilines is 1. The van der Waals surface area contributed by atoms with Gasteiger partial charge in [-0.2, -0.15) is 0 Å². The van der Waals surface area contributed by atoms with Crippen LogP contribution < -0.4 is 4.90 Å². The number of fused-ring (bicyclic) bond motifs is 1. The SMILES string of the molecule is Cc1ccc(C(=O)[C@@H](C)OC(=O)c2ccc3c(c2)C(=O)N(c2cc(C)ccc2C)C3=O)cc1. The van der Waals surface area contributed by atoms with Gasteiger partial charge < -0.3 is 4.74 Å². The Labute approximate surface area is 191 Å². The van der Waals surface area contributed by atoms with Crippen molar-refractivity contribution in [3.63, 3.8) is 0 Å². The van der Waals surface area contributed by atoms with Crippen molar-refractivity contribution in [2.45, 2.75) is 33.8 Å². The van der Waals surface area contributed by atoms with Gasteiger partial charge >= 0.3 is 5.97 Å². The highest BCUT2D eigenvalue weighted by molar-refractivity contribution is 6.35. The first kappa shape index (κ1) is 22.1. The molecule has 0 saturated heterocycles. The van der Waals surface area contributed by atoms with E-state index in [1.165, 1.54) is 25.1 Å². The van der Waals surface area contributed by atoms with Gasteiger partial charge in [-0.1, -0.05) is 42.0 Å². The molecule has 0 radical (unpaired) electrons. The summed E-state index contributed by atoms with van der Waals surface area (Å²) in [5.41, 5.74) is 4.14. The van der Waals surface area contributed by atoms with Crippen molar-refractivity contribution >= 4 is 29.3 Å². The molecule has 3 aromatic carbocycles. The number of Topliss-reactive ketones (excluding diaryl/α,β-unsaturated/α-hetero) is 1. The van der Waals surface area contributed by atoms with E-state index in [2.05, 4.69) is 0 Å². The second-order valence-corrected chi connectivity index (χ2v) is 8.27. The van der Waals surface area contributed by atoms with Crippen molar-refractivity contribution in [2.75, 3.05) is 4.90 Å². The summed E-state index contributed by atoms with van der Waals surface area (Å²) in [6.07, 6.45) is -1.00. The van der Waals surface area contributed by atoms with Crippen LogP contribution in [0.15, 0.2) is 60.7 Å². The zero-order valence-corrected chi connectivity index (χ0v) is 18.8. The van der Waals surface area contributed by atoms with Crippen LogP contribution in [-0.4, -0.2) is 29.7 Å². The summed E-state index contributed by atoms with van der Waals surface area (Å²) in [5.74, 6) is -2.00. The third kappa shape index (κ3) is 4.07. The van der Waals surface area contributed by atoms with Crippen LogP contribution in [0.1, 0.15) is 65.0 Å². The molecule has 0 fully saturated rings. The molecule has 1 aliphatic heterocycles. The fourth-order valence-electron chi connectivity index (χ4n) is 3.78. The molecule has 0 aromatic heterocycles. The molecule has 166 valence electrons. The minimum Gasteiger partial charge on any atom is -0.451 e. The van der Waals surface area contributed by atoms with Crippen LogP contribution in [0.25, 0.3) is 0 Å². The molecule has 0 aliphatic carbocycles. The number of benzene rings is 3. The third-order valence-corrected chi connectivity index (χ3v) is 5.72. The van der Waals surface area contributed by atoms with Gasteiger partial charge in [-0.05, 0) is 63.1 Å². The molecular formula is C27H23NO5. The van der Waals surface area contributed by atoms with E-state index in [1.807, 2.05) is 45.0 Å². The van der Waals surface area contributed by atoms with Gasteiger partial charge in [-0.3, -0.25) is 14.4 Å². The summed E-state index contributed by atoms with van der Waals surface area (Å²) in [5, 5.41) is 0. The summed E-state index contributed by atoms with van der Waals surface area (Å²) in [4.78, 5) is 52.4. The molecule has 1 atom stereocenters. The summed E-state index contributed by atoms with van der Waals surface area (Å²) >= 11 is 0. The molecule has 0 saturated carbocycles. The highest BCUT2D eigenvalue weighted by Crippen LogP contribution is 2.32. The van der Waals surface area contributed by atoms with Crippen molar-refractivity contribution in [3.8, 4) is 0 Å². The predicted molar refractivity (Wildman–Crippen MR) is 124 cm³/mol. The van der Waals surface area contributed by atoms with Crippen molar-refractivity contribution < 1.29 is 23.9 Å². The number of carbonyl (C=O) groups excluding carboxylic acids is 4. The number of imide groups is 1. The molecule has 0 unspecified atom stereocenters. The Hall–Kier alpha value is -4.06. The molecule has 2 amide bonds. The number of ether oxygens (including phenoxy) is 1. The Bertz CT molecular complexity index is 1310. The minimum absolute atomic E-state index is 0.0984. The number of hydrogen-bond donors (Lipinski definition) is 0. The molecule has 0 bridgehead atoms. The average molecular weight is 441 g/mol. The predicted octanol–water partition coefficient (Wildman–Crippen LogP) is 4.84. The highest BCUT2D eigenvalue weighted by atomic mass is 16.5. The minimum atomic E-state index is -1.00. The Morgan fingerprint density at radius 3 is 2.06 bits per heavy atom. The van der Waals surface area contributed by atoms with Crippen LogP contribution in [0.3, 0.4) is 0 Å². The number of nitrogens with zero attached hydrogens (tertiary/aromatic N) is 1. The van der Waals surface area contributed by atoms with Crippen LogP contribution in [0.2, 0.25) is 0 Å². The lowest BCUT2D eigenvalue weighted by molar-refractivity contribution is 0.0318. The van der Waals surface area contributed by atoms with Gasteiger partial charge in [0.2, 0.25) is 5.78 Å². The Morgan fingerprint density at radius 1 is 0.758 bits per heavy atom. The van der Waals surface area contributed by atoms with E-state index in [0.29, 0.717) is 11.3 Å². The normalized spacial score (nSPS) is 13.6. The molecule has 6 nitrogen and oxygen atoms in total.